The van der Waals surface area contributed by atoms with Crippen LogP contribution in [-0.2, 0) is 33.2 Å². The molecule has 0 aromatic rings. The van der Waals surface area contributed by atoms with E-state index in [1.165, 1.54) is 7.11 Å². The first-order valence-electron chi connectivity index (χ1n) is 13.8. The molecule has 1 saturated carbocycles. The molecule has 0 bridgehead atoms. The predicted molar refractivity (Wildman–Crippen MR) is 133 cm³/mol. The smallest absolute Gasteiger partial charge is 0.308 e. The summed E-state index contributed by atoms with van der Waals surface area (Å²) >= 11 is 0. The fourth-order valence-electron chi connectivity index (χ4n) is 4.99. The summed E-state index contributed by atoms with van der Waals surface area (Å²) < 4.78 is 36.7. The Balaban J connectivity index is 2.20. The van der Waals surface area contributed by atoms with E-state index in [4.69, 9.17) is 28.4 Å². The Kier molecular flexibility index (Phi) is 14.1. The number of esters is 1. The Hall–Kier alpha value is -0.770. The number of hydrogen-bond donors (Lipinski definition) is 1. The molecule has 0 amide bonds. The number of rotatable bonds is 15. The molecule has 8 nitrogen and oxygen atoms in total. The van der Waals surface area contributed by atoms with Gasteiger partial charge >= 0.3 is 5.97 Å². The highest BCUT2D eigenvalue weighted by Crippen LogP contribution is 2.36. The summed E-state index contributed by atoms with van der Waals surface area (Å²) in [5, 5.41) is 10.9. The van der Waals surface area contributed by atoms with Crippen LogP contribution in [0.2, 0.25) is 0 Å². The number of methoxy groups -OCH3 is 1. The zero-order valence-corrected chi connectivity index (χ0v) is 22.8. The third-order valence-electron chi connectivity index (χ3n) is 7.10. The van der Waals surface area contributed by atoms with Crippen molar-refractivity contribution in [2.75, 3.05) is 26.9 Å². The van der Waals surface area contributed by atoms with Crippen LogP contribution in [0.25, 0.3) is 0 Å². The average Bonchev–Trinajstić information content (AvgIpc) is 2.84. The molecule has 0 radical (unpaired) electrons. The van der Waals surface area contributed by atoms with E-state index in [2.05, 4.69) is 20.8 Å². The molecule has 2 rings (SSSR count). The molecule has 9 atom stereocenters. The van der Waals surface area contributed by atoms with Crippen LogP contribution in [0.5, 0.6) is 0 Å². The lowest BCUT2D eigenvalue weighted by Crippen LogP contribution is -2.62. The lowest BCUT2D eigenvalue weighted by Gasteiger charge is -2.47. The van der Waals surface area contributed by atoms with Crippen molar-refractivity contribution in [2.24, 2.45) is 11.8 Å². The van der Waals surface area contributed by atoms with Gasteiger partial charge in [-0.1, -0.05) is 47.0 Å². The third kappa shape index (κ3) is 8.93. The maximum absolute atomic E-state index is 12.1. The molecule has 35 heavy (non-hydrogen) atoms. The van der Waals surface area contributed by atoms with E-state index in [1.54, 1.807) is 0 Å². The average molecular weight is 503 g/mol. The van der Waals surface area contributed by atoms with Crippen LogP contribution < -0.4 is 0 Å². The van der Waals surface area contributed by atoms with Gasteiger partial charge in [-0.05, 0) is 44.9 Å². The second-order valence-corrected chi connectivity index (χ2v) is 10.1. The number of unbranched alkanes of at least 4 members (excludes halogenated alkanes) is 3. The number of carbonyl (C=O) groups is 1. The second kappa shape index (κ2) is 16.2. The van der Waals surface area contributed by atoms with E-state index in [0.29, 0.717) is 32.7 Å². The lowest BCUT2D eigenvalue weighted by molar-refractivity contribution is -0.334. The van der Waals surface area contributed by atoms with Gasteiger partial charge in [0.2, 0.25) is 0 Å². The first-order valence-corrected chi connectivity index (χ1v) is 13.8. The van der Waals surface area contributed by atoms with Crippen LogP contribution in [-0.4, -0.2) is 80.9 Å². The maximum Gasteiger partial charge on any atom is 0.308 e. The molecule has 1 aliphatic carbocycles. The van der Waals surface area contributed by atoms with Gasteiger partial charge in [0.25, 0.3) is 0 Å². The maximum atomic E-state index is 12.1. The van der Waals surface area contributed by atoms with Crippen LogP contribution in [0, 0.1) is 11.8 Å². The normalized spacial score (nSPS) is 35.7. The molecule has 0 aromatic carbocycles. The highest BCUT2D eigenvalue weighted by Gasteiger charge is 2.49. The van der Waals surface area contributed by atoms with Crippen molar-refractivity contribution in [3.05, 3.63) is 0 Å². The van der Waals surface area contributed by atoms with Crippen molar-refractivity contribution in [1.82, 2.24) is 0 Å². The minimum absolute atomic E-state index is 0.0453. The van der Waals surface area contributed by atoms with E-state index >= 15 is 0 Å². The van der Waals surface area contributed by atoms with Crippen LogP contribution in [0.3, 0.4) is 0 Å². The number of aliphatic hydroxyl groups excluding tert-OH is 1. The number of hydrogen-bond acceptors (Lipinski definition) is 8. The Bertz CT molecular complexity index is 576. The number of ether oxygens (including phenoxy) is 6. The van der Waals surface area contributed by atoms with Crippen molar-refractivity contribution < 1.29 is 38.3 Å². The molecule has 2 aliphatic rings. The highest BCUT2D eigenvalue weighted by atomic mass is 16.7. The highest BCUT2D eigenvalue weighted by molar-refractivity contribution is 5.72. The molecule has 206 valence electrons. The molecule has 1 aliphatic heterocycles. The van der Waals surface area contributed by atoms with Crippen molar-refractivity contribution >= 4 is 5.97 Å². The van der Waals surface area contributed by atoms with E-state index in [1.807, 2.05) is 13.8 Å². The molecule has 6 unspecified atom stereocenters. The van der Waals surface area contributed by atoms with Gasteiger partial charge in [0.15, 0.2) is 6.29 Å². The molecular weight excluding hydrogens is 452 g/mol. The summed E-state index contributed by atoms with van der Waals surface area (Å²) in [7, 11) is 1.38. The topological polar surface area (TPSA) is 92.7 Å². The van der Waals surface area contributed by atoms with Gasteiger partial charge in [0, 0.05) is 19.8 Å². The summed E-state index contributed by atoms with van der Waals surface area (Å²) in [5.74, 6) is -0.653. The van der Waals surface area contributed by atoms with Gasteiger partial charge < -0.3 is 33.5 Å². The van der Waals surface area contributed by atoms with Gasteiger partial charge in [-0.25, -0.2) is 0 Å². The predicted octanol–water partition coefficient (Wildman–Crippen LogP) is 4.25. The van der Waals surface area contributed by atoms with Crippen LogP contribution in [0.4, 0.5) is 0 Å². The fraction of sp³-hybridized carbons (Fsp3) is 0.963. The molecular formula is C27H50O8. The van der Waals surface area contributed by atoms with Crippen molar-refractivity contribution in [2.45, 2.75) is 129 Å². The number of aliphatic hydroxyl groups is 1. The largest absolute Gasteiger partial charge is 0.469 e. The Morgan fingerprint density at radius 1 is 0.829 bits per heavy atom. The summed E-state index contributed by atoms with van der Waals surface area (Å²) in [6, 6.07) is 0. The number of carbonyl (C=O) groups excluding carboxylic acids is 1. The SMILES string of the molecule is CCCCOC1C(OCCCC)[C@H](OCCCC)C(C)O[C@H]1OC1C(C)CC(C(=O)OC)C[C@H]1O. The van der Waals surface area contributed by atoms with E-state index in [0.717, 1.165) is 38.5 Å². The third-order valence-corrected chi connectivity index (χ3v) is 7.10. The first-order chi connectivity index (χ1) is 16.9. The zero-order chi connectivity index (χ0) is 25.8. The van der Waals surface area contributed by atoms with E-state index < -0.39 is 24.6 Å². The molecule has 8 heteroatoms. The summed E-state index contributed by atoms with van der Waals surface area (Å²) in [4.78, 5) is 12.1. The van der Waals surface area contributed by atoms with Gasteiger partial charge in [-0.3, -0.25) is 4.79 Å². The van der Waals surface area contributed by atoms with E-state index in [9.17, 15) is 9.90 Å². The second-order valence-electron chi connectivity index (χ2n) is 10.1. The Morgan fingerprint density at radius 3 is 1.89 bits per heavy atom. The van der Waals surface area contributed by atoms with Crippen molar-refractivity contribution in [1.29, 1.82) is 0 Å². The molecule has 2 fully saturated rings. The fourth-order valence-corrected chi connectivity index (χ4v) is 4.99. The van der Waals surface area contributed by atoms with Gasteiger partial charge in [0.05, 0.1) is 31.3 Å². The minimum atomic E-state index is -0.795. The summed E-state index contributed by atoms with van der Waals surface area (Å²) in [6.07, 6.45) is 3.56. The standard InChI is InChI=1S/C27H50O8/c1-7-10-13-31-23-19(5)34-27(25(33-15-12-9-3)24(23)32-14-11-8-2)35-22-18(4)16-20(17-21(22)28)26(29)30-6/h18-25,27-28H,7-17H2,1-6H3/t18?,19?,20?,21-,22?,23-,24?,25?,27+/m1/s1. The van der Waals surface area contributed by atoms with Crippen molar-refractivity contribution in [3.63, 3.8) is 0 Å². The zero-order valence-electron chi connectivity index (χ0n) is 22.8. The first kappa shape index (κ1) is 30.5. The van der Waals surface area contributed by atoms with Crippen LogP contribution in [0.15, 0.2) is 0 Å². The summed E-state index contributed by atoms with van der Waals surface area (Å²) in [5.41, 5.74) is 0. The summed E-state index contributed by atoms with van der Waals surface area (Å²) in [6.45, 7) is 12.2. The Morgan fingerprint density at radius 2 is 1.37 bits per heavy atom. The van der Waals surface area contributed by atoms with Crippen LogP contribution >= 0.6 is 0 Å². The monoisotopic (exact) mass is 502 g/mol. The Labute approximate surface area is 212 Å². The molecule has 1 N–H and O–H groups in total. The van der Waals surface area contributed by atoms with Crippen LogP contribution in [0.1, 0.15) is 86.0 Å². The van der Waals surface area contributed by atoms with Gasteiger partial charge in [0.1, 0.15) is 18.3 Å². The van der Waals surface area contributed by atoms with E-state index in [-0.39, 0.29) is 36.1 Å². The van der Waals surface area contributed by atoms with Gasteiger partial charge in [-0.15, -0.1) is 0 Å². The lowest BCUT2D eigenvalue weighted by atomic mass is 9.78. The minimum Gasteiger partial charge on any atom is -0.469 e. The molecule has 1 saturated heterocycles. The van der Waals surface area contributed by atoms with Crippen molar-refractivity contribution in [3.8, 4) is 0 Å². The molecule has 0 aromatic heterocycles. The quantitative estimate of drug-likeness (QED) is 0.262. The molecule has 1 heterocycles. The van der Waals surface area contributed by atoms with Gasteiger partial charge in [-0.2, -0.15) is 0 Å². The molecule has 0 spiro atoms.